The molecule has 2 amide bonds. The van der Waals surface area contributed by atoms with E-state index in [9.17, 15) is 19.5 Å². The number of thiophene rings is 2. The summed E-state index contributed by atoms with van der Waals surface area (Å²) in [6.07, 6.45) is 1.21. The molecule has 0 atom stereocenters. The summed E-state index contributed by atoms with van der Waals surface area (Å²) in [5.41, 5.74) is 2.97. The van der Waals surface area contributed by atoms with Crippen LogP contribution in [0.25, 0.3) is 20.9 Å². The van der Waals surface area contributed by atoms with Crippen molar-refractivity contribution >= 4 is 56.5 Å². The number of nitrogens with one attached hydrogen (secondary N) is 1. The van der Waals surface area contributed by atoms with Gasteiger partial charge < -0.3 is 5.11 Å². The zero-order chi connectivity index (χ0) is 18.4. The molecule has 1 aliphatic heterocycles. The lowest BCUT2D eigenvalue weighted by molar-refractivity contribution is -0.135. The number of fused-ring (bicyclic) bond motifs is 1. The molecule has 0 aromatic carbocycles. The molecule has 10 heteroatoms. The first-order chi connectivity index (χ1) is 12.5. The Bertz CT molecular complexity index is 1100. The fraction of sp³-hybridized carbons (Fsp3) is 0.0625. The Kier molecular flexibility index (Phi) is 3.78. The summed E-state index contributed by atoms with van der Waals surface area (Å²) < 4.78 is 0. The number of hydrogen-bond donors (Lipinski definition) is 2. The van der Waals surface area contributed by atoms with Crippen LogP contribution in [-0.2, 0) is 9.59 Å². The van der Waals surface area contributed by atoms with E-state index in [1.165, 1.54) is 29.7 Å². The van der Waals surface area contributed by atoms with Gasteiger partial charge in [-0.3, -0.25) is 15.0 Å². The number of rotatable bonds is 4. The first kappa shape index (κ1) is 16.4. The number of imide groups is 1. The van der Waals surface area contributed by atoms with E-state index < -0.39 is 17.8 Å². The number of aromatic nitrogens is 2. The van der Waals surface area contributed by atoms with Crippen molar-refractivity contribution in [2.24, 2.45) is 0 Å². The van der Waals surface area contributed by atoms with E-state index >= 15 is 0 Å². The summed E-state index contributed by atoms with van der Waals surface area (Å²) in [7, 11) is 0. The molecule has 3 aromatic rings. The van der Waals surface area contributed by atoms with Gasteiger partial charge in [-0.25, -0.2) is 14.8 Å². The number of nitrogens with zero attached hydrogens (tertiary/aromatic N) is 3. The first-order valence-corrected chi connectivity index (χ1v) is 9.11. The van der Waals surface area contributed by atoms with Crippen molar-refractivity contribution < 1.29 is 19.5 Å². The molecule has 0 aliphatic carbocycles. The lowest BCUT2D eigenvalue weighted by atomic mass is 10.2. The Morgan fingerprint density at radius 3 is 2.69 bits per heavy atom. The third kappa shape index (κ3) is 2.55. The van der Waals surface area contributed by atoms with E-state index in [2.05, 4.69) is 15.4 Å². The highest BCUT2D eigenvalue weighted by molar-refractivity contribution is 7.17. The van der Waals surface area contributed by atoms with E-state index in [0.717, 1.165) is 21.2 Å². The number of carbonyl (C=O) groups is 3. The number of carbonyl (C=O) groups excluding carboxylic acids is 2. The quantitative estimate of drug-likeness (QED) is 0.663. The standard InChI is InChI=1S/C16H10N4O4S2/c1-7-5-10(21)20(15(7)22)19-13-11-8(16(23)24)6-26-14(11)18-12(17-13)9-3-2-4-25-9/h2-6H,1H3,(H,23,24)(H,17,18,19). The maximum absolute atomic E-state index is 12.1. The van der Waals surface area contributed by atoms with E-state index in [1.54, 1.807) is 0 Å². The summed E-state index contributed by atoms with van der Waals surface area (Å²) in [4.78, 5) is 45.7. The molecule has 4 rings (SSSR count). The maximum atomic E-state index is 12.1. The summed E-state index contributed by atoms with van der Waals surface area (Å²) >= 11 is 2.59. The van der Waals surface area contributed by atoms with Crippen LogP contribution in [0.4, 0.5) is 5.82 Å². The summed E-state index contributed by atoms with van der Waals surface area (Å²) in [6, 6.07) is 3.68. The Labute approximate surface area is 154 Å². The molecule has 0 bridgehead atoms. The zero-order valence-electron chi connectivity index (χ0n) is 13.2. The average molecular weight is 386 g/mol. The average Bonchev–Trinajstić information content (AvgIpc) is 3.31. The number of anilines is 1. The fourth-order valence-electron chi connectivity index (χ4n) is 2.50. The molecule has 130 valence electrons. The molecule has 0 fully saturated rings. The van der Waals surface area contributed by atoms with Crippen LogP contribution in [-0.4, -0.2) is 37.9 Å². The highest BCUT2D eigenvalue weighted by Gasteiger charge is 2.30. The Morgan fingerprint density at radius 1 is 1.27 bits per heavy atom. The van der Waals surface area contributed by atoms with E-state index in [0.29, 0.717) is 10.7 Å². The second kappa shape index (κ2) is 6.00. The van der Waals surface area contributed by atoms with E-state index in [4.69, 9.17) is 0 Å². The van der Waals surface area contributed by atoms with Crippen LogP contribution in [0, 0.1) is 0 Å². The van der Waals surface area contributed by atoms with E-state index in [1.807, 2.05) is 17.5 Å². The highest BCUT2D eigenvalue weighted by atomic mass is 32.1. The molecule has 0 unspecified atom stereocenters. The number of carboxylic acids is 1. The smallest absolute Gasteiger partial charge is 0.337 e. The molecular formula is C16H10N4O4S2. The topological polar surface area (TPSA) is 112 Å². The van der Waals surface area contributed by atoms with Gasteiger partial charge in [-0.05, 0) is 18.4 Å². The van der Waals surface area contributed by atoms with Gasteiger partial charge in [0.2, 0.25) is 0 Å². The molecule has 1 aliphatic rings. The van der Waals surface area contributed by atoms with Crippen molar-refractivity contribution in [1.82, 2.24) is 15.0 Å². The Hall–Kier alpha value is -3.11. The van der Waals surface area contributed by atoms with E-state index in [-0.39, 0.29) is 22.3 Å². The molecular weight excluding hydrogens is 376 g/mol. The van der Waals surface area contributed by atoms with Crippen molar-refractivity contribution in [3.63, 3.8) is 0 Å². The van der Waals surface area contributed by atoms with Gasteiger partial charge in [0.1, 0.15) is 4.83 Å². The second-order valence-corrected chi connectivity index (χ2v) is 7.23. The minimum absolute atomic E-state index is 0.00834. The number of carboxylic acid groups (broad SMARTS) is 1. The number of hydrogen-bond acceptors (Lipinski definition) is 8. The third-order valence-electron chi connectivity index (χ3n) is 3.72. The van der Waals surface area contributed by atoms with Crippen LogP contribution < -0.4 is 5.43 Å². The van der Waals surface area contributed by atoms with Gasteiger partial charge in [0.25, 0.3) is 11.8 Å². The van der Waals surface area contributed by atoms with Gasteiger partial charge in [0.05, 0.1) is 15.8 Å². The molecule has 3 aromatic heterocycles. The van der Waals surface area contributed by atoms with Crippen molar-refractivity contribution in [2.75, 3.05) is 5.43 Å². The summed E-state index contributed by atoms with van der Waals surface area (Å²) in [5, 5.41) is 13.8. The minimum atomic E-state index is -1.14. The van der Waals surface area contributed by atoms with Gasteiger partial charge >= 0.3 is 5.97 Å². The van der Waals surface area contributed by atoms with Crippen molar-refractivity contribution in [1.29, 1.82) is 0 Å². The lowest BCUT2D eigenvalue weighted by Gasteiger charge is -2.17. The van der Waals surface area contributed by atoms with Gasteiger partial charge in [0.15, 0.2) is 11.6 Å². The van der Waals surface area contributed by atoms with Gasteiger partial charge in [-0.1, -0.05) is 6.07 Å². The van der Waals surface area contributed by atoms with Crippen LogP contribution >= 0.6 is 22.7 Å². The van der Waals surface area contributed by atoms with Crippen molar-refractivity contribution in [3.05, 3.63) is 40.1 Å². The van der Waals surface area contributed by atoms with Crippen LogP contribution in [0.5, 0.6) is 0 Å². The predicted molar refractivity (Wildman–Crippen MR) is 96.9 cm³/mol. The third-order valence-corrected chi connectivity index (χ3v) is 5.46. The number of amides is 2. The SMILES string of the molecule is CC1=CC(=O)N(Nc2nc(-c3cccs3)nc3scc(C(=O)O)c23)C1=O. The van der Waals surface area contributed by atoms with Crippen molar-refractivity contribution in [2.45, 2.75) is 6.92 Å². The van der Waals surface area contributed by atoms with Crippen molar-refractivity contribution in [3.8, 4) is 10.7 Å². The number of hydrazine groups is 1. The van der Waals surface area contributed by atoms with Crippen LogP contribution in [0.1, 0.15) is 17.3 Å². The molecule has 0 spiro atoms. The monoisotopic (exact) mass is 386 g/mol. The molecule has 0 saturated heterocycles. The fourth-order valence-corrected chi connectivity index (χ4v) is 4.07. The normalized spacial score (nSPS) is 14.2. The predicted octanol–water partition coefficient (Wildman–Crippen LogP) is 2.76. The van der Waals surface area contributed by atoms with Crippen LogP contribution in [0.15, 0.2) is 34.5 Å². The minimum Gasteiger partial charge on any atom is -0.478 e. The maximum Gasteiger partial charge on any atom is 0.337 e. The molecule has 4 heterocycles. The molecule has 0 saturated carbocycles. The second-order valence-electron chi connectivity index (χ2n) is 5.43. The molecule has 8 nitrogen and oxygen atoms in total. The first-order valence-electron chi connectivity index (χ1n) is 7.35. The Morgan fingerprint density at radius 2 is 2.08 bits per heavy atom. The number of aromatic carboxylic acids is 1. The van der Waals surface area contributed by atoms with Crippen LogP contribution in [0.3, 0.4) is 0 Å². The molecule has 0 radical (unpaired) electrons. The van der Waals surface area contributed by atoms with Gasteiger partial charge in [0, 0.05) is 17.0 Å². The van der Waals surface area contributed by atoms with Gasteiger partial charge in [-0.2, -0.15) is 5.01 Å². The molecule has 2 N–H and O–H groups in total. The summed E-state index contributed by atoms with van der Waals surface area (Å²) in [6.45, 7) is 1.53. The lowest BCUT2D eigenvalue weighted by Crippen LogP contribution is -2.36. The van der Waals surface area contributed by atoms with Crippen LogP contribution in [0.2, 0.25) is 0 Å². The molecule has 26 heavy (non-hydrogen) atoms. The summed E-state index contributed by atoms with van der Waals surface area (Å²) in [5.74, 6) is -1.70. The largest absolute Gasteiger partial charge is 0.478 e. The Balaban J connectivity index is 1.88. The van der Waals surface area contributed by atoms with Gasteiger partial charge in [-0.15, -0.1) is 22.7 Å². The highest BCUT2D eigenvalue weighted by Crippen LogP contribution is 2.34. The zero-order valence-corrected chi connectivity index (χ0v) is 14.8.